The molecule has 5 aliphatic rings. The number of anilines is 1. The second-order valence-corrected chi connectivity index (χ2v) is 21.0. The average Bonchev–Trinajstić information content (AvgIpc) is 3.96. The number of nitrogens with one attached hydrogen (secondary N) is 3. The third kappa shape index (κ3) is 13.9. The molecule has 5 atom stereocenters. The van der Waals surface area contributed by atoms with Crippen LogP contribution in [0.1, 0.15) is 130 Å². The Morgan fingerprint density at radius 2 is 1.58 bits per heavy atom. The van der Waals surface area contributed by atoms with Gasteiger partial charge in [-0.15, -0.1) is 0 Å². The number of benzene rings is 1. The number of pyridine rings is 2. The first-order chi connectivity index (χ1) is 36.8. The number of carbonyl (C=O) groups excluding carboxylic acids is 6. The first-order valence-corrected chi connectivity index (χ1v) is 26.5. The number of piperidine rings is 1. The molecule has 1 aromatic carbocycles. The summed E-state index contributed by atoms with van der Waals surface area (Å²) in [6, 6.07) is 7.47. The van der Waals surface area contributed by atoms with Gasteiger partial charge in [0.15, 0.2) is 17.2 Å². The molecule has 0 unspecified atom stereocenters. The lowest BCUT2D eigenvalue weighted by Crippen LogP contribution is -2.46. The van der Waals surface area contributed by atoms with Crippen LogP contribution in [-0.2, 0) is 38.2 Å². The number of rotatable bonds is 19. The van der Waals surface area contributed by atoms with E-state index in [1.54, 1.807) is 35.3 Å². The summed E-state index contributed by atoms with van der Waals surface area (Å²) in [5, 5.41) is 8.46. The maximum Gasteiger partial charge on any atom is 0.417 e. The van der Waals surface area contributed by atoms with Gasteiger partial charge in [-0.05, 0) is 101 Å². The number of hydrogen-bond donors (Lipinski definition) is 4. The fourth-order valence-electron chi connectivity index (χ4n) is 11.3. The third-order valence-corrected chi connectivity index (χ3v) is 15.7. The van der Waals surface area contributed by atoms with E-state index in [9.17, 15) is 46.3 Å². The van der Waals surface area contributed by atoms with Crippen molar-refractivity contribution in [2.75, 3.05) is 45.2 Å². The zero-order valence-corrected chi connectivity index (χ0v) is 43.2. The summed E-state index contributed by atoms with van der Waals surface area (Å²) in [5.74, 6) is -8.00. The van der Waals surface area contributed by atoms with E-state index in [0.717, 1.165) is 56.4 Å². The van der Waals surface area contributed by atoms with Gasteiger partial charge in [-0.25, -0.2) is 4.39 Å². The summed E-state index contributed by atoms with van der Waals surface area (Å²) in [5.41, 5.74) is 2.81. The molecule has 77 heavy (non-hydrogen) atoms. The SMILES string of the molecule is CN1C(=O)C[C@H](C(=O)NCCOC2CCC(OCCCC(=O)NC3CCC(C(=O)N4CCC(Oc5c([C@@H]6C[C@](C)(C(F)(F)F)O[C@H]6C(=O)Nc6ccnc(C(N)=O)c6)ccc(F)c5F)CC4)CC3)CC2)[C@H]1c1cccnc1. The number of likely N-dealkylation sites (tertiary alicyclic amines) is 2. The normalized spacial score (nSPS) is 27.0. The summed E-state index contributed by atoms with van der Waals surface area (Å²) >= 11 is 0. The van der Waals surface area contributed by atoms with Crippen LogP contribution < -0.4 is 26.4 Å². The number of aromatic nitrogens is 2. The number of amides is 6. The zero-order valence-electron chi connectivity index (χ0n) is 43.2. The molecular weight excluding hydrogens is 1020 g/mol. The molecule has 8 rings (SSSR count). The molecule has 18 nitrogen and oxygen atoms in total. The molecule has 3 saturated heterocycles. The van der Waals surface area contributed by atoms with Gasteiger partial charge in [-0.1, -0.05) is 12.1 Å². The Kier molecular flexibility index (Phi) is 18.5. The monoisotopic (exact) mass is 1080 g/mol. The van der Waals surface area contributed by atoms with Crippen LogP contribution in [0, 0.1) is 23.5 Å². The van der Waals surface area contributed by atoms with Crippen molar-refractivity contribution in [1.29, 1.82) is 0 Å². The Hall–Kier alpha value is -6.33. The van der Waals surface area contributed by atoms with Crippen LogP contribution in [-0.4, -0.2) is 137 Å². The fraction of sp³-hybridized carbons (Fsp3) is 0.593. The van der Waals surface area contributed by atoms with Crippen molar-refractivity contribution in [3.8, 4) is 5.75 Å². The number of halogens is 5. The Morgan fingerprint density at radius 3 is 2.25 bits per heavy atom. The molecule has 3 aliphatic heterocycles. The first-order valence-electron chi connectivity index (χ1n) is 26.5. The van der Waals surface area contributed by atoms with Gasteiger partial charge in [0, 0.05) is 107 Å². The van der Waals surface area contributed by atoms with Crippen molar-refractivity contribution in [3.63, 3.8) is 0 Å². The second-order valence-electron chi connectivity index (χ2n) is 21.0. The smallest absolute Gasteiger partial charge is 0.417 e. The average molecular weight is 1080 g/mol. The van der Waals surface area contributed by atoms with Gasteiger partial charge in [0.1, 0.15) is 17.9 Å². The molecule has 5 heterocycles. The highest BCUT2D eigenvalue weighted by Crippen LogP contribution is 2.52. The summed E-state index contributed by atoms with van der Waals surface area (Å²) in [7, 11) is 1.71. The lowest BCUT2D eigenvalue weighted by Gasteiger charge is -2.36. The van der Waals surface area contributed by atoms with Crippen molar-refractivity contribution in [2.45, 2.75) is 151 Å². The van der Waals surface area contributed by atoms with Gasteiger partial charge >= 0.3 is 6.18 Å². The molecule has 2 saturated carbocycles. The number of alkyl halides is 3. The fourth-order valence-corrected chi connectivity index (χ4v) is 11.3. The third-order valence-electron chi connectivity index (χ3n) is 15.7. The number of nitrogens with two attached hydrogens (primary N) is 1. The number of ether oxygens (including phenoxy) is 4. The molecule has 0 radical (unpaired) electrons. The molecule has 5 N–H and O–H groups in total. The van der Waals surface area contributed by atoms with E-state index in [1.165, 1.54) is 12.3 Å². The van der Waals surface area contributed by atoms with Gasteiger partial charge in [0.25, 0.3) is 11.8 Å². The standard InChI is InChI=1S/C54H67F5N8O10/c1-53(54(57,58)59)29-40(48(77-53)51(72)65-34-17-21-62-42(27-34)49(60)70)38-15-16-41(55)45(56)47(38)76-37-18-23-67(24-19-37)52(73)31-7-9-33(10-8-31)64-43(68)6-4-25-74-35-11-13-36(14-12-35)75-26-22-63-50(71)39-28-44(69)66(2)46(39)32-5-3-20-61-30-32/h3,5,15-17,20-21,27,30-31,33,35-37,39-40,46,48H,4,6-14,18-19,22-26,28-29H2,1-2H3,(H2,60,70)(H,63,71)(H,64,68)(H,62,65,72)/t31?,33?,35?,36?,39-,40-,46+,48+,53+/m0/s1. The minimum absolute atomic E-state index is 0.0125. The van der Waals surface area contributed by atoms with Crippen LogP contribution in [0.4, 0.5) is 27.6 Å². The Labute approximate surface area is 443 Å². The predicted octanol–water partition coefficient (Wildman–Crippen LogP) is 6.19. The van der Waals surface area contributed by atoms with E-state index in [4.69, 9.17) is 24.7 Å². The maximum atomic E-state index is 15.7. The van der Waals surface area contributed by atoms with Crippen LogP contribution in [0.25, 0.3) is 0 Å². The predicted molar refractivity (Wildman–Crippen MR) is 267 cm³/mol. The van der Waals surface area contributed by atoms with Crippen LogP contribution in [0.2, 0.25) is 0 Å². The molecule has 0 bridgehead atoms. The van der Waals surface area contributed by atoms with Crippen LogP contribution in [0.15, 0.2) is 55.0 Å². The molecular formula is C54H67F5N8O10. The molecule has 418 valence electrons. The molecule has 6 amide bonds. The van der Waals surface area contributed by atoms with Crippen LogP contribution in [0.5, 0.6) is 5.75 Å². The number of nitrogens with zero attached hydrogens (tertiary/aromatic N) is 4. The molecule has 2 aliphatic carbocycles. The summed E-state index contributed by atoms with van der Waals surface area (Å²) < 4.78 is 97.4. The van der Waals surface area contributed by atoms with Crippen LogP contribution in [0.3, 0.4) is 0 Å². The quantitative estimate of drug-likeness (QED) is 0.0778. The van der Waals surface area contributed by atoms with Crippen molar-refractivity contribution in [1.82, 2.24) is 30.4 Å². The highest BCUT2D eigenvalue weighted by Gasteiger charge is 2.61. The van der Waals surface area contributed by atoms with Crippen molar-refractivity contribution < 1.29 is 69.7 Å². The molecule has 0 spiro atoms. The summed E-state index contributed by atoms with van der Waals surface area (Å²) in [6.07, 6.45) is 3.34. The summed E-state index contributed by atoms with van der Waals surface area (Å²) in [6.45, 7) is 2.37. The summed E-state index contributed by atoms with van der Waals surface area (Å²) in [4.78, 5) is 88.6. The first kappa shape index (κ1) is 56.9. The Morgan fingerprint density at radius 1 is 0.883 bits per heavy atom. The number of carbonyl (C=O) groups is 6. The van der Waals surface area contributed by atoms with Gasteiger partial charge in [0.05, 0.1) is 30.8 Å². The lowest BCUT2D eigenvalue weighted by molar-refractivity contribution is -0.261. The van der Waals surface area contributed by atoms with E-state index < -0.39 is 71.4 Å². The Bertz CT molecular complexity index is 2590. The van der Waals surface area contributed by atoms with Crippen molar-refractivity contribution in [2.24, 2.45) is 17.6 Å². The van der Waals surface area contributed by atoms with Crippen LogP contribution >= 0.6 is 0 Å². The van der Waals surface area contributed by atoms with Crippen molar-refractivity contribution >= 4 is 41.1 Å². The second kappa shape index (κ2) is 25.0. The van der Waals surface area contributed by atoms with Gasteiger partial charge in [0.2, 0.25) is 29.4 Å². The molecule has 5 fully saturated rings. The largest absolute Gasteiger partial charge is 0.487 e. The molecule has 2 aromatic heterocycles. The Balaban J connectivity index is 0.717. The minimum Gasteiger partial charge on any atom is -0.487 e. The highest BCUT2D eigenvalue weighted by atomic mass is 19.4. The lowest BCUT2D eigenvalue weighted by atomic mass is 9.84. The van der Waals surface area contributed by atoms with Gasteiger partial charge in [-0.2, -0.15) is 17.6 Å². The minimum atomic E-state index is -4.96. The molecule has 23 heteroatoms. The van der Waals surface area contributed by atoms with E-state index in [2.05, 4.69) is 25.9 Å². The number of hydrogen-bond acceptors (Lipinski definition) is 12. The van der Waals surface area contributed by atoms with Gasteiger partial charge in [-0.3, -0.25) is 38.7 Å². The van der Waals surface area contributed by atoms with Crippen molar-refractivity contribution in [3.05, 3.63) is 83.4 Å². The zero-order chi connectivity index (χ0) is 55.0. The molecule has 3 aromatic rings. The maximum absolute atomic E-state index is 15.7. The highest BCUT2D eigenvalue weighted by molar-refractivity contribution is 5.97. The van der Waals surface area contributed by atoms with E-state index >= 15 is 4.39 Å². The topological polar surface area (TPSA) is 234 Å². The van der Waals surface area contributed by atoms with Gasteiger partial charge < -0.3 is 50.4 Å². The van der Waals surface area contributed by atoms with E-state index in [1.807, 2.05) is 6.07 Å². The number of primary amides is 1. The van der Waals surface area contributed by atoms with E-state index in [-0.39, 0.29) is 103 Å². The van der Waals surface area contributed by atoms with E-state index in [0.29, 0.717) is 58.3 Å².